The van der Waals surface area contributed by atoms with E-state index in [1.54, 1.807) is 17.6 Å². The Labute approximate surface area is 284 Å². The number of aromatic nitrogens is 2. The summed E-state index contributed by atoms with van der Waals surface area (Å²) in [7, 11) is 0. The summed E-state index contributed by atoms with van der Waals surface area (Å²) >= 11 is 7.81. The smallest absolute Gasteiger partial charge is 0.338 e. The summed E-state index contributed by atoms with van der Waals surface area (Å²) in [4.78, 5) is 33.8. The first-order valence-electron chi connectivity index (χ1n) is 15.5. The number of ether oxygens (including phenoxy) is 3. The molecule has 2 aliphatic heterocycles. The van der Waals surface area contributed by atoms with Crippen molar-refractivity contribution in [3.63, 3.8) is 0 Å². The molecule has 0 radical (unpaired) electrons. The number of carbonyl (C=O) groups excluding carboxylic acids is 1. The first-order chi connectivity index (χ1) is 23.5. The van der Waals surface area contributed by atoms with Crippen LogP contribution in [0.5, 0.6) is 11.5 Å². The predicted octanol–water partition coefficient (Wildman–Crippen LogP) is 6.32. The van der Waals surface area contributed by atoms with Crippen LogP contribution in [0.1, 0.15) is 35.2 Å². The SMILES string of the molecule is CCOC(=O)C1=C(c2ccccc2)N=c2s/c(=C\c3cn(Cc4ccccc4Cl)c4ccccc34)c(=O)n2[C@@H]1c1ccc2c(c1)OCO2. The van der Waals surface area contributed by atoms with Crippen molar-refractivity contribution >= 4 is 51.6 Å². The lowest BCUT2D eigenvalue weighted by molar-refractivity contribution is -0.138. The molecule has 238 valence electrons. The standard InChI is InChI=1S/C38H28ClN3O5S/c1-2-45-37(44)33-34(23-10-4-3-5-11-23)40-38-42(35(33)24-16-17-30-31(18-24)47-22-46-30)36(43)32(48-38)19-26-21-41(29-15-9-7-13-27(26)29)20-25-12-6-8-14-28(25)39/h3-19,21,35H,2,20,22H2,1H3/b32-19-/t35-/m1/s1. The Kier molecular flexibility index (Phi) is 7.70. The van der Waals surface area contributed by atoms with Crippen LogP contribution < -0.4 is 24.4 Å². The van der Waals surface area contributed by atoms with Gasteiger partial charge in [0.1, 0.15) is 0 Å². The maximum atomic E-state index is 14.5. The quantitative estimate of drug-likeness (QED) is 0.185. The first-order valence-corrected chi connectivity index (χ1v) is 16.7. The molecule has 0 saturated carbocycles. The van der Waals surface area contributed by atoms with E-state index in [1.807, 2.05) is 97.2 Å². The summed E-state index contributed by atoms with van der Waals surface area (Å²) < 4.78 is 21.1. The highest BCUT2D eigenvalue weighted by molar-refractivity contribution is 7.07. The number of esters is 1. The molecule has 4 heterocycles. The molecule has 0 saturated heterocycles. The average Bonchev–Trinajstić information content (AvgIpc) is 3.81. The van der Waals surface area contributed by atoms with Crippen LogP contribution in [0.3, 0.4) is 0 Å². The molecule has 8 rings (SSSR count). The zero-order valence-corrected chi connectivity index (χ0v) is 27.3. The molecule has 0 fully saturated rings. The maximum Gasteiger partial charge on any atom is 0.338 e. The van der Waals surface area contributed by atoms with Gasteiger partial charge >= 0.3 is 5.97 Å². The molecule has 6 aromatic rings. The third-order valence-electron chi connectivity index (χ3n) is 8.49. The van der Waals surface area contributed by atoms with Crippen LogP contribution in [0.25, 0.3) is 22.7 Å². The third kappa shape index (κ3) is 5.21. The molecule has 0 bridgehead atoms. The molecule has 48 heavy (non-hydrogen) atoms. The highest BCUT2D eigenvalue weighted by Crippen LogP contribution is 2.40. The number of benzene rings is 4. The van der Waals surface area contributed by atoms with Gasteiger partial charge in [0, 0.05) is 39.8 Å². The van der Waals surface area contributed by atoms with Gasteiger partial charge in [-0.25, -0.2) is 9.79 Å². The molecule has 0 aliphatic carbocycles. The molecule has 2 aliphatic rings. The van der Waals surface area contributed by atoms with Gasteiger partial charge in [0.25, 0.3) is 5.56 Å². The minimum atomic E-state index is -0.825. The average molecular weight is 674 g/mol. The number of hydrogen-bond acceptors (Lipinski definition) is 7. The summed E-state index contributed by atoms with van der Waals surface area (Å²) in [6.07, 6.45) is 3.95. The summed E-state index contributed by atoms with van der Waals surface area (Å²) in [6, 6.07) is 30.0. The van der Waals surface area contributed by atoms with Crippen molar-refractivity contribution in [2.75, 3.05) is 13.4 Å². The number of nitrogens with zero attached hydrogens (tertiary/aromatic N) is 3. The number of thiazole rings is 1. The van der Waals surface area contributed by atoms with Crippen LogP contribution in [0, 0.1) is 0 Å². The summed E-state index contributed by atoms with van der Waals surface area (Å²) in [5.74, 6) is 0.603. The maximum absolute atomic E-state index is 14.5. The Morgan fingerprint density at radius 3 is 2.60 bits per heavy atom. The van der Waals surface area contributed by atoms with Crippen molar-refractivity contribution in [2.45, 2.75) is 19.5 Å². The molecule has 1 atom stereocenters. The Bertz CT molecular complexity index is 2440. The van der Waals surface area contributed by atoms with Gasteiger partial charge in [0.15, 0.2) is 16.3 Å². The highest BCUT2D eigenvalue weighted by Gasteiger charge is 2.36. The number of para-hydroxylation sites is 1. The van der Waals surface area contributed by atoms with E-state index in [9.17, 15) is 9.59 Å². The zero-order chi connectivity index (χ0) is 32.8. The normalized spacial score (nSPS) is 15.5. The third-order valence-corrected chi connectivity index (χ3v) is 9.84. The van der Waals surface area contributed by atoms with Crippen molar-refractivity contribution in [3.05, 3.63) is 156 Å². The Morgan fingerprint density at radius 2 is 1.77 bits per heavy atom. The molecule has 0 amide bonds. The number of fused-ring (bicyclic) bond motifs is 3. The van der Waals surface area contributed by atoms with E-state index in [0.29, 0.717) is 43.7 Å². The van der Waals surface area contributed by atoms with Gasteiger partial charge in [0.2, 0.25) is 6.79 Å². The number of rotatable bonds is 7. The second-order valence-electron chi connectivity index (χ2n) is 11.4. The Balaban J connectivity index is 1.35. The van der Waals surface area contributed by atoms with Crippen LogP contribution in [-0.2, 0) is 16.1 Å². The molecule has 10 heteroatoms. The molecular weight excluding hydrogens is 646 g/mol. The molecule has 0 N–H and O–H groups in total. The van der Waals surface area contributed by atoms with Crippen molar-refractivity contribution in [1.29, 1.82) is 0 Å². The van der Waals surface area contributed by atoms with Crippen molar-refractivity contribution < 1.29 is 19.0 Å². The predicted molar refractivity (Wildman–Crippen MR) is 186 cm³/mol. The Hall–Kier alpha value is -5.38. The van der Waals surface area contributed by atoms with Crippen molar-refractivity contribution in [2.24, 2.45) is 4.99 Å². The van der Waals surface area contributed by atoms with E-state index in [-0.39, 0.29) is 24.5 Å². The number of carbonyl (C=O) groups is 1. The lowest BCUT2D eigenvalue weighted by atomic mass is 9.93. The van der Waals surface area contributed by atoms with Gasteiger partial charge in [0.05, 0.1) is 28.5 Å². The number of halogens is 1. The lowest BCUT2D eigenvalue weighted by Gasteiger charge is -2.26. The van der Waals surface area contributed by atoms with E-state index >= 15 is 0 Å². The Morgan fingerprint density at radius 1 is 1.00 bits per heavy atom. The molecule has 2 aromatic heterocycles. The van der Waals surface area contributed by atoms with Crippen molar-refractivity contribution in [3.8, 4) is 11.5 Å². The fourth-order valence-electron chi connectivity index (χ4n) is 6.31. The van der Waals surface area contributed by atoms with E-state index in [0.717, 1.165) is 27.6 Å². The van der Waals surface area contributed by atoms with Crippen LogP contribution in [0.2, 0.25) is 5.02 Å². The van der Waals surface area contributed by atoms with E-state index < -0.39 is 12.0 Å². The van der Waals surface area contributed by atoms with Gasteiger partial charge in [-0.05, 0) is 48.4 Å². The lowest BCUT2D eigenvalue weighted by Crippen LogP contribution is -2.40. The molecular formula is C38H28ClN3O5S. The second kappa shape index (κ2) is 12.3. The number of hydrogen-bond donors (Lipinski definition) is 0. The van der Waals surface area contributed by atoms with Gasteiger partial charge in [-0.15, -0.1) is 0 Å². The van der Waals surface area contributed by atoms with Gasteiger partial charge < -0.3 is 18.8 Å². The summed E-state index contributed by atoms with van der Waals surface area (Å²) in [6.45, 7) is 2.60. The van der Waals surface area contributed by atoms with Crippen LogP contribution in [-0.4, -0.2) is 28.5 Å². The minimum Gasteiger partial charge on any atom is -0.463 e. The van der Waals surface area contributed by atoms with E-state index in [4.69, 9.17) is 30.8 Å². The van der Waals surface area contributed by atoms with Crippen LogP contribution >= 0.6 is 22.9 Å². The van der Waals surface area contributed by atoms with Crippen LogP contribution in [0.15, 0.2) is 119 Å². The van der Waals surface area contributed by atoms with Crippen molar-refractivity contribution in [1.82, 2.24) is 9.13 Å². The fourth-order valence-corrected chi connectivity index (χ4v) is 7.50. The minimum absolute atomic E-state index is 0.0987. The fraction of sp³-hybridized carbons (Fsp3) is 0.132. The van der Waals surface area contributed by atoms with E-state index in [2.05, 4.69) is 10.6 Å². The molecule has 4 aromatic carbocycles. The van der Waals surface area contributed by atoms with E-state index in [1.165, 1.54) is 11.3 Å². The van der Waals surface area contributed by atoms with Crippen LogP contribution in [0.4, 0.5) is 0 Å². The second-order valence-corrected chi connectivity index (χ2v) is 12.8. The molecule has 0 unspecified atom stereocenters. The topological polar surface area (TPSA) is 84.1 Å². The first kappa shape index (κ1) is 30.0. The zero-order valence-electron chi connectivity index (χ0n) is 25.8. The molecule has 8 nitrogen and oxygen atoms in total. The monoisotopic (exact) mass is 673 g/mol. The highest BCUT2D eigenvalue weighted by atomic mass is 35.5. The largest absolute Gasteiger partial charge is 0.463 e. The molecule has 0 spiro atoms. The summed E-state index contributed by atoms with van der Waals surface area (Å²) in [5.41, 5.74) is 4.79. The van der Waals surface area contributed by atoms with Gasteiger partial charge in [-0.1, -0.05) is 95.7 Å². The summed E-state index contributed by atoms with van der Waals surface area (Å²) in [5, 5.41) is 1.69. The van der Waals surface area contributed by atoms with Gasteiger partial charge in [-0.3, -0.25) is 9.36 Å². The van der Waals surface area contributed by atoms with Gasteiger partial charge in [-0.2, -0.15) is 0 Å².